The van der Waals surface area contributed by atoms with E-state index in [2.05, 4.69) is 10.5 Å². The summed E-state index contributed by atoms with van der Waals surface area (Å²) in [5.41, 5.74) is 4.32. The molecule has 144 valence electrons. The van der Waals surface area contributed by atoms with Crippen LogP contribution >= 0.6 is 11.6 Å². The van der Waals surface area contributed by atoms with Crippen molar-refractivity contribution in [2.24, 2.45) is 5.10 Å². The van der Waals surface area contributed by atoms with Crippen LogP contribution in [0, 0.1) is 19.7 Å². The van der Waals surface area contributed by atoms with Crippen LogP contribution in [0.2, 0.25) is 5.02 Å². The summed E-state index contributed by atoms with van der Waals surface area (Å²) in [4.78, 5) is 12.1. The van der Waals surface area contributed by atoms with Crippen molar-refractivity contribution in [2.75, 3.05) is 17.1 Å². The molecule has 0 saturated carbocycles. The van der Waals surface area contributed by atoms with E-state index in [0.717, 1.165) is 27.9 Å². The molecule has 0 fully saturated rings. The quantitative estimate of drug-likeness (QED) is 0.586. The molecule has 0 heterocycles. The lowest BCUT2D eigenvalue weighted by molar-refractivity contribution is -0.119. The van der Waals surface area contributed by atoms with Crippen molar-refractivity contribution in [1.29, 1.82) is 0 Å². The normalized spacial score (nSPS) is 11.6. The minimum Gasteiger partial charge on any atom is -0.271 e. The van der Waals surface area contributed by atoms with Gasteiger partial charge in [0.25, 0.3) is 5.91 Å². The van der Waals surface area contributed by atoms with Gasteiger partial charge in [0.05, 0.1) is 23.2 Å². The Kier molecular flexibility index (Phi) is 6.56. The van der Waals surface area contributed by atoms with Gasteiger partial charge in [-0.25, -0.2) is 18.2 Å². The number of benzene rings is 2. The topological polar surface area (TPSA) is 78.8 Å². The van der Waals surface area contributed by atoms with Gasteiger partial charge in [-0.2, -0.15) is 5.10 Å². The number of hydrazone groups is 1. The molecule has 0 aromatic heterocycles. The summed E-state index contributed by atoms with van der Waals surface area (Å²) < 4.78 is 38.9. The summed E-state index contributed by atoms with van der Waals surface area (Å²) >= 11 is 5.87. The zero-order chi connectivity index (χ0) is 20.2. The van der Waals surface area contributed by atoms with Crippen molar-refractivity contribution in [3.8, 4) is 0 Å². The van der Waals surface area contributed by atoms with Gasteiger partial charge in [0.2, 0.25) is 10.0 Å². The highest BCUT2D eigenvalue weighted by molar-refractivity contribution is 7.92. The minimum atomic E-state index is -3.70. The molecule has 0 atom stereocenters. The number of anilines is 1. The largest absolute Gasteiger partial charge is 0.271 e. The lowest BCUT2D eigenvalue weighted by Crippen LogP contribution is -2.39. The Hall–Kier alpha value is -2.45. The molecule has 0 aliphatic rings. The predicted molar refractivity (Wildman–Crippen MR) is 105 cm³/mol. The number of aryl methyl sites for hydroxylation is 2. The minimum absolute atomic E-state index is 0.0220. The lowest BCUT2D eigenvalue weighted by atomic mass is 10.1. The fourth-order valence-corrected chi connectivity index (χ4v) is 3.52. The Morgan fingerprint density at radius 1 is 1.26 bits per heavy atom. The van der Waals surface area contributed by atoms with Crippen LogP contribution in [0.25, 0.3) is 0 Å². The number of halogens is 2. The van der Waals surface area contributed by atoms with Crippen molar-refractivity contribution in [2.45, 2.75) is 13.8 Å². The highest BCUT2D eigenvalue weighted by Gasteiger charge is 2.21. The second kappa shape index (κ2) is 8.49. The number of hydrogen-bond acceptors (Lipinski definition) is 4. The second-order valence-electron chi connectivity index (χ2n) is 6.04. The summed E-state index contributed by atoms with van der Waals surface area (Å²) in [6.07, 6.45) is 2.08. The molecule has 1 amide bonds. The molecule has 0 saturated heterocycles. The molecule has 0 radical (unpaired) electrons. The standard InChI is InChI=1S/C18H19ClFN3O3S/c1-12-7-13(2)9-14(8-12)23(27(3,25)26)11-18(24)22-21-10-15-16(19)5-4-6-17(15)20/h4-10H,11H2,1-3H3,(H,22,24)/b21-10-. The highest BCUT2D eigenvalue weighted by Crippen LogP contribution is 2.21. The van der Waals surface area contributed by atoms with E-state index < -0.39 is 28.3 Å². The van der Waals surface area contributed by atoms with Gasteiger partial charge >= 0.3 is 0 Å². The van der Waals surface area contributed by atoms with Crippen molar-refractivity contribution < 1.29 is 17.6 Å². The van der Waals surface area contributed by atoms with Crippen LogP contribution in [-0.2, 0) is 14.8 Å². The van der Waals surface area contributed by atoms with Crippen LogP contribution in [0.4, 0.5) is 10.1 Å². The third-order valence-corrected chi connectivity index (χ3v) is 5.03. The maximum atomic E-state index is 13.7. The van der Waals surface area contributed by atoms with E-state index in [1.807, 2.05) is 19.9 Å². The number of hydrogen-bond donors (Lipinski definition) is 1. The first kappa shape index (κ1) is 20.9. The number of nitrogens with one attached hydrogen (secondary N) is 1. The van der Waals surface area contributed by atoms with Gasteiger partial charge in [0.1, 0.15) is 12.4 Å². The van der Waals surface area contributed by atoms with E-state index in [1.54, 1.807) is 12.1 Å². The van der Waals surface area contributed by atoms with Gasteiger partial charge in [-0.1, -0.05) is 23.7 Å². The van der Waals surface area contributed by atoms with Crippen molar-refractivity contribution in [3.05, 3.63) is 63.9 Å². The first-order valence-corrected chi connectivity index (χ1v) is 10.1. The smallest absolute Gasteiger partial charge is 0.260 e. The summed E-state index contributed by atoms with van der Waals surface area (Å²) in [6, 6.07) is 9.38. The number of sulfonamides is 1. The van der Waals surface area contributed by atoms with Crippen molar-refractivity contribution >= 4 is 39.4 Å². The van der Waals surface area contributed by atoms with Crippen LogP contribution in [0.1, 0.15) is 16.7 Å². The fourth-order valence-electron chi connectivity index (χ4n) is 2.46. The summed E-state index contributed by atoms with van der Waals surface area (Å²) in [6.45, 7) is 3.20. The molecule has 2 aromatic rings. The molecule has 0 aliphatic heterocycles. The Balaban J connectivity index is 2.16. The molecular weight excluding hydrogens is 393 g/mol. The second-order valence-corrected chi connectivity index (χ2v) is 8.36. The van der Waals surface area contributed by atoms with Gasteiger partial charge in [-0.05, 0) is 49.2 Å². The third-order valence-electron chi connectivity index (χ3n) is 3.56. The van der Waals surface area contributed by atoms with E-state index in [1.165, 1.54) is 18.2 Å². The van der Waals surface area contributed by atoms with Crippen LogP contribution in [-0.4, -0.2) is 33.3 Å². The average molecular weight is 412 g/mol. The molecule has 9 heteroatoms. The number of amides is 1. The van der Waals surface area contributed by atoms with Crippen molar-refractivity contribution in [1.82, 2.24) is 5.43 Å². The van der Waals surface area contributed by atoms with Gasteiger partial charge < -0.3 is 0 Å². The maximum Gasteiger partial charge on any atom is 0.260 e. The first-order valence-electron chi connectivity index (χ1n) is 7.90. The molecular formula is C18H19ClFN3O3S. The number of carbonyl (C=O) groups excluding carboxylic acids is 1. The molecule has 0 spiro atoms. The van der Waals surface area contributed by atoms with E-state index in [0.29, 0.717) is 5.69 Å². The lowest BCUT2D eigenvalue weighted by Gasteiger charge is -2.22. The molecule has 0 aliphatic carbocycles. The van der Waals surface area contributed by atoms with E-state index in [9.17, 15) is 17.6 Å². The SMILES string of the molecule is Cc1cc(C)cc(N(CC(=O)N/N=C\c2c(F)cccc2Cl)S(C)(=O)=O)c1. The molecule has 0 unspecified atom stereocenters. The average Bonchev–Trinajstić information content (AvgIpc) is 2.53. The monoisotopic (exact) mass is 411 g/mol. The van der Waals surface area contributed by atoms with E-state index in [-0.39, 0.29) is 10.6 Å². The summed E-state index contributed by atoms with van der Waals surface area (Å²) in [5, 5.41) is 3.80. The zero-order valence-corrected chi connectivity index (χ0v) is 16.6. The van der Waals surface area contributed by atoms with Crippen molar-refractivity contribution in [3.63, 3.8) is 0 Å². The Labute approximate surface area is 162 Å². The first-order chi connectivity index (χ1) is 12.6. The van der Waals surface area contributed by atoms with E-state index in [4.69, 9.17) is 11.6 Å². The number of carbonyl (C=O) groups is 1. The fraction of sp³-hybridized carbons (Fsp3) is 0.222. The third kappa shape index (κ3) is 5.77. The Morgan fingerprint density at radius 3 is 2.44 bits per heavy atom. The van der Waals surface area contributed by atoms with Gasteiger partial charge in [-0.15, -0.1) is 0 Å². The van der Waals surface area contributed by atoms with Crippen LogP contribution in [0.15, 0.2) is 41.5 Å². The summed E-state index contributed by atoms with van der Waals surface area (Å²) in [5.74, 6) is -1.27. The van der Waals surface area contributed by atoms with Crippen LogP contribution in [0.5, 0.6) is 0 Å². The molecule has 2 aromatic carbocycles. The Bertz CT molecular complexity index is 953. The Morgan fingerprint density at radius 2 is 1.89 bits per heavy atom. The molecule has 2 rings (SSSR count). The van der Waals surface area contributed by atoms with Gasteiger partial charge in [0, 0.05) is 5.56 Å². The maximum absolute atomic E-state index is 13.7. The number of nitrogens with zero attached hydrogens (tertiary/aromatic N) is 2. The molecule has 1 N–H and O–H groups in total. The predicted octanol–water partition coefficient (Wildman–Crippen LogP) is 3.01. The van der Waals surface area contributed by atoms with Gasteiger partial charge in [0.15, 0.2) is 0 Å². The molecule has 0 bridgehead atoms. The molecule has 6 nitrogen and oxygen atoms in total. The zero-order valence-electron chi connectivity index (χ0n) is 15.0. The van der Waals surface area contributed by atoms with E-state index >= 15 is 0 Å². The summed E-state index contributed by atoms with van der Waals surface area (Å²) in [7, 11) is -3.70. The highest BCUT2D eigenvalue weighted by atomic mass is 35.5. The molecule has 27 heavy (non-hydrogen) atoms. The van der Waals surface area contributed by atoms with Crippen LogP contribution < -0.4 is 9.73 Å². The van der Waals surface area contributed by atoms with Crippen LogP contribution in [0.3, 0.4) is 0 Å². The van der Waals surface area contributed by atoms with Gasteiger partial charge in [-0.3, -0.25) is 9.10 Å². The number of rotatable bonds is 6.